The van der Waals surface area contributed by atoms with Gasteiger partial charge in [0.25, 0.3) is 5.91 Å². The van der Waals surface area contributed by atoms with E-state index in [-0.39, 0.29) is 30.8 Å². The van der Waals surface area contributed by atoms with Gasteiger partial charge in [-0.25, -0.2) is 0 Å². The normalized spacial score (nSPS) is 15.1. The van der Waals surface area contributed by atoms with E-state index in [0.717, 1.165) is 4.90 Å². The number of nitrogens with one attached hydrogen (secondary N) is 1. The standard InChI is InChI=1S/C21H23N3O4S/c1-14(25)24-12-18(28-17-10-6-5-9-16(17)24)21(27)23(2)13-20(26)22-15-8-4-7-11-19(15)29-3/h4-11,18H,12-13H2,1-3H3,(H,22,26). The van der Waals surface area contributed by atoms with Crippen molar-refractivity contribution in [2.75, 3.05) is 36.6 Å². The van der Waals surface area contributed by atoms with Gasteiger partial charge >= 0.3 is 0 Å². The summed E-state index contributed by atoms with van der Waals surface area (Å²) < 4.78 is 5.81. The van der Waals surface area contributed by atoms with Crippen molar-refractivity contribution in [2.45, 2.75) is 17.9 Å². The van der Waals surface area contributed by atoms with Crippen molar-refractivity contribution in [3.8, 4) is 5.75 Å². The molecule has 0 aromatic heterocycles. The monoisotopic (exact) mass is 413 g/mol. The largest absolute Gasteiger partial charge is 0.476 e. The van der Waals surface area contributed by atoms with Crippen LogP contribution in [0.5, 0.6) is 5.75 Å². The number of benzene rings is 2. The highest BCUT2D eigenvalue weighted by molar-refractivity contribution is 7.98. The fourth-order valence-corrected chi connectivity index (χ4v) is 3.69. The number of anilines is 2. The zero-order valence-corrected chi connectivity index (χ0v) is 17.4. The molecule has 0 aliphatic carbocycles. The summed E-state index contributed by atoms with van der Waals surface area (Å²) >= 11 is 1.53. The Hall–Kier alpha value is -3.00. The molecule has 3 amide bonds. The van der Waals surface area contributed by atoms with Crippen molar-refractivity contribution in [3.63, 3.8) is 0 Å². The molecule has 2 aromatic rings. The van der Waals surface area contributed by atoms with Crippen LogP contribution < -0.4 is 15.0 Å². The van der Waals surface area contributed by atoms with Gasteiger partial charge in [-0.15, -0.1) is 11.8 Å². The minimum atomic E-state index is -0.870. The molecular weight excluding hydrogens is 390 g/mol. The van der Waals surface area contributed by atoms with Crippen LogP contribution in [0.2, 0.25) is 0 Å². The van der Waals surface area contributed by atoms with Crippen LogP contribution in [-0.2, 0) is 14.4 Å². The first-order valence-corrected chi connectivity index (χ1v) is 10.3. The molecule has 8 heteroatoms. The Morgan fingerprint density at radius 3 is 2.59 bits per heavy atom. The topological polar surface area (TPSA) is 79.0 Å². The Balaban J connectivity index is 1.67. The lowest BCUT2D eigenvalue weighted by Gasteiger charge is -2.35. The Bertz CT molecular complexity index is 934. The summed E-state index contributed by atoms with van der Waals surface area (Å²) in [5.41, 5.74) is 1.34. The lowest BCUT2D eigenvalue weighted by atomic mass is 10.1. The van der Waals surface area contributed by atoms with Crippen LogP contribution in [-0.4, -0.2) is 55.1 Å². The molecule has 152 valence electrons. The molecule has 1 N–H and O–H groups in total. The van der Waals surface area contributed by atoms with E-state index in [1.165, 1.54) is 28.5 Å². The summed E-state index contributed by atoms with van der Waals surface area (Å²) in [6, 6.07) is 14.6. The van der Waals surface area contributed by atoms with E-state index < -0.39 is 6.10 Å². The van der Waals surface area contributed by atoms with Gasteiger partial charge in [-0.1, -0.05) is 24.3 Å². The fraction of sp³-hybridized carbons (Fsp3) is 0.286. The molecule has 3 rings (SSSR count). The van der Waals surface area contributed by atoms with Gasteiger partial charge in [-0.2, -0.15) is 0 Å². The molecule has 1 atom stereocenters. The van der Waals surface area contributed by atoms with E-state index in [1.807, 2.05) is 36.6 Å². The molecule has 0 bridgehead atoms. The minimum absolute atomic E-state index is 0.104. The van der Waals surface area contributed by atoms with Gasteiger partial charge in [0.2, 0.25) is 11.8 Å². The summed E-state index contributed by atoms with van der Waals surface area (Å²) in [6.07, 6.45) is 1.06. The average molecular weight is 413 g/mol. The van der Waals surface area contributed by atoms with E-state index in [0.29, 0.717) is 17.1 Å². The first kappa shape index (κ1) is 20.7. The maximum atomic E-state index is 12.9. The third-order valence-corrected chi connectivity index (χ3v) is 5.36. The second-order valence-corrected chi connectivity index (χ2v) is 7.49. The van der Waals surface area contributed by atoms with Crippen molar-refractivity contribution in [1.82, 2.24) is 4.90 Å². The molecule has 2 aromatic carbocycles. The number of nitrogens with zero attached hydrogens (tertiary/aromatic N) is 2. The van der Waals surface area contributed by atoms with E-state index in [1.54, 1.807) is 25.2 Å². The van der Waals surface area contributed by atoms with E-state index in [9.17, 15) is 14.4 Å². The van der Waals surface area contributed by atoms with Crippen LogP contribution in [0, 0.1) is 0 Å². The molecule has 0 saturated carbocycles. The molecule has 7 nitrogen and oxygen atoms in total. The predicted octanol–water partition coefficient (Wildman–Crippen LogP) is 2.62. The quantitative estimate of drug-likeness (QED) is 0.763. The summed E-state index contributed by atoms with van der Waals surface area (Å²) in [5.74, 6) is -0.368. The number of rotatable bonds is 5. The van der Waals surface area contributed by atoms with Crippen molar-refractivity contribution in [1.29, 1.82) is 0 Å². The number of ether oxygens (including phenoxy) is 1. The first-order valence-electron chi connectivity index (χ1n) is 9.12. The van der Waals surface area contributed by atoms with Gasteiger partial charge in [0.05, 0.1) is 24.5 Å². The Morgan fingerprint density at radius 2 is 1.86 bits per heavy atom. The predicted molar refractivity (Wildman–Crippen MR) is 113 cm³/mol. The fourth-order valence-electron chi connectivity index (χ4n) is 3.14. The maximum absolute atomic E-state index is 12.9. The van der Waals surface area contributed by atoms with Gasteiger partial charge in [0.15, 0.2) is 6.10 Å². The maximum Gasteiger partial charge on any atom is 0.265 e. The van der Waals surface area contributed by atoms with Gasteiger partial charge in [0.1, 0.15) is 5.75 Å². The molecule has 0 radical (unpaired) electrons. The van der Waals surface area contributed by atoms with E-state index >= 15 is 0 Å². The van der Waals surface area contributed by atoms with E-state index in [2.05, 4.69) is 5.32 Å². The third-order valence-electron chi connectivity index (χ3n) is 4.57. The molecule has 1 unspecified atom stereocenters. The van der Waals surface area contributed by atoms with Crippen molar-refractivity contribution in [3.05, 3.63) is 48.5 Å². The van der Waals surface area contributed by atoms with E-state index in [4.69, 9.17) is 4.74 Å². The highest BCUT2D eigenvalue weighted by Gasteiger charge is 2.34. The number of thioether (sulfide) groups is 1. The van der Waals surface area contributed by atoms with Gasteiger partial charge in [-0.3, -0.25) is 14.4 Å². The number of amides is 3. The number of carbonyl (C=O) groups excluding carboxylic acids is 3. The highest BCUT2D eigenvalue weighted by Crippen LogP contribution is 2.33. The zero-order chi connectivity index (χ0) is 21.0. The summed E-state index contributed by atoms with van der Waals surface area (Å²) in [7, 11) is 1.55. The van der Waals surface area contributed by atoms with Gasteiger partial charge in [-0.05, 0) is 30.5 Å². The number of likely N-dealkylation sites (N-methyl/N-ethyl adjacent to an activating group) is 1. The highest BCUT2D eigenvalue weighted by atomic mass is 32.2. The Labute approximate surface area is 174 Å². The van der Waals surface area contributed by atoms with Crippen LogP contribution in [0.25, 0.3) is 0 Å². The molecule has 1 heterocycles. The second-order valence-electron chi connectivity index (χ2n) is 6.65. The van der Waals surface area contributed by atoms with Crippen LogP contribution in [0.3, 0.4) is 0 Å². The molecular formula is C21H23N3O4S. The molecule has 1 aliphatic rings. The summed E-state index contributed by atoms with van der Waals surface area (Å²) in [4.78, 5) is 41.1. The molecule has 0 fully saturated rings. The van der Waals surface area contributed by atoms with Crippen molar-refractivity contribution >= 4 is 40.9 Å². The molecule has 1 aliphatic heterocycles. The van der Waals surface area contributed by atoms with Crippen molar-refractivity contribution in [2.24, 2.45) is 0 Å². The van der Waals surface area contributed by atoms with Crippen molar-refractivity contribution < 1.29 is 19.1 Å². The average Bonchev–Trinajstić information content (AvgIpc) is 2.72. The summed E-state index contributed by atoms with van der Waals surface area (Å²) in [5, 5.41) is 2.83. The number of fused-ring (bicyclic) bond motifs is 1. The van der Waals surface area contributed by atoms with Crippen LogP contribution in [0.15, 0.2) is 53.4 Å². The van der Waals surface area contributed by atoms with Crippen LogP contribution >= 0.6 is 11.8 Å². The number of para-hydroxylation sites is 3. The first-order chi connectivity index (χ1) is 13.9. The smallest absolute Gasteiger partial charge is 0.265 e. The summed E-state index contributed by atoms with van der Waals surface area (Å²) in [6.45, 7) is 1.43. The third kappa shape index (κ3) is 4.71. The lowest BCUT2D eigenvalue weighted by Crippen LogP contribution is -2.51. The zero-order valence-electron chi connectivity index (χ0n) is 16.5. The second kappa shape index (κ2) is 9.00. The SMILES string of the molecule is CSc1ccccc1NC(=O)CN(C)C(=O)C1CN(C(C)=O)c2ccccc2O1. The lowest BCUT2D eigenvalue weighted by molar-refractivity contribution is -0.139. The minimum Gasteiger partial charge on any atom is -0.476 e. The number of hydrogen-bond acceptors (Lipinski definition) is 5. The molecule has 0 spiro atoms. The van der Waals surface area contributed by atoms with Gasteiger partial charge in [0, 0.05) is 18.9 Å². The van der Waals surface area contributed by atoms with Gasteiger partial charge < -0.3 is 19.9 Å². The number of carbonyl (C=O) groups is 3. The Kier molecular flexibility index (Phi) is 6.43. The van der Waals surface area contributed by atoms with Crippen LogP contribution in [0.1, 0.15) is 6.92 Å². The number of hydrogen-bond donors (Lipinski definition) is 1. The Morgan fingerprint density at radius 1 is 1.17 bits per heavy atom. The molecule has 29 heavy (non-hydrogen) atoms. The van der Waals surface area contributed by atoms with Crippen LogP contribution in [0.4, 0.5) is 11.4 Å². The molecule has 0 saturated heterocycles.